The summed E-state index contributed by atoms with van der Waals surface area (Å²) in [5.74, 6) is -1.59. The molecule has 1 saturated carbocycles. The average Bonchev–Trinajstić information content (AvgIpc) is 3.15. The van der Waals surface area contributed by atoms with E-state index in [0.29, 0.717) is 11.1 Å². The lowest BCUT2D eigenvalue weighted by molar-refractivity contribution is -0.119. The minimum absolute atomic E-state index is 0.105. The van der Waals surface area contributed by atoms with Crippen LogP contribution in [0.4, 0.5) is 0 Å². The minimum atomic E-state index is -0.795. The van der Waals surface area contributed by atoms with E-state index in [-0.39, 0.29) is 17.8 Å². The Hall–Kier alpha value is -5.48. The minimum Gasteiger partial charge on any atom is -0.454 e. The predicted octanol–water partition coefficient (Wildman–Crippen LogP) is 10.1. The van der Waals surface area contributed by atoms with Crippen LogP contribution in [0, 0.1) is 24.2 Å². The Bertz CT molecular complexity index is 2000. The Balaban J connectivity index is 1.46. The molecule has 0 amide bonds. The molecule has 5 aromatic carbocycles. The van der Waals surface area contributed by atoms with Crippen molar-refractivity contribution < 1.29 is 19.1 Å². The van der Waals surface area contributed by atoms with Gasteiger partial charge in [-0.05, 0) is 70.5 Å². The Labute approximate surface area is 288 Å². The summed E-state index contributed by atoms with van der Waals surface area (Å²) in [4.78, 5) is 28.1. The molecule has 0 N–H and O–H groups in total. The quantitative estimate of drug-likeness (QED) is 0.166. The summed E-state index contributed by atoms with van der Waals surface area (Å²) in [6, 6.07) is 45.2. The fourth-order valence-electron chi connectivity index (χ4n) is 8.11. The third-order valence-corrected chi connectivity index (χ3v) is 10.7. The number of allylic oxidation sites excluding steroid dienone is 4. The van der Waals surface area contributed by atoms with Crippen molar-refractivity contribution in [1.82, 2.24) is 0 Å². The zero-order valence-corrected chi connectivity index (χ0v) is 28.0. The van der Waals surface area contributed by atoms with Crippen molar-refractivity contribution in [3.63, 3.8) is 0 Å². The molecule has 4 heteroatoms. The van der Waals surface area contributed by atoms with Crippen LogP contribution in [0.25, 0.3) is 16.7 Å². The van der Waals surface area contributed by atoms with E-state index in [2.05, 4.69) is 93.6 Å². The Morgan fingerprint density at radius 2 is 1.12 bits per heavy atom. The van der Waals surface area contributed by atoms with E-state index in [4.69, 9.17) is 9.47 Å². The molecule has 49 heavy (non-hydrogen) atoms. The van der Waals surface area contributed by atoms with Gasteiger partial charge in [0, 0.05) is 17.3 Å². The number of carbonyl (C=O) groups is 2. The molecule has 0 aliphatic heterocycles. The number of hydrogen-bond acceptors (Lipinski definition) is 4. The maximum atomic E-state index is 14.1. The van der Waals surface area contributed by atoms with Crippen LogP contribution in [-0.4, -0.2) is 24.1 Å². The van der Waals surface area contributed by atoms with E-state index in [9.17, 15) is 9.59 Å². The summed E-state index contributed by atoms with van der Waals surface area (Å²) in [5.41, 5.74) is 7.00. The molecular weight excluding hydrogens is 604 g/mol. The lowest BCUT2D eigenvalue weighted by Crippen LogP contribution is -2.58. The smallest absolute Gasteiger partial charge is 0.338 e. The first-order chi connectivity index (χ1) is 23.9. The highest BCUT2D eigenvalue weighted by molar-refractivity contribution is 5.91. The highest BCUT2D eigenvalue weighted by atomic mass is 16.6. The molecule has 0 saturated heterocycles. The fourth-order valence-corrected chi connectivity index (χ4v) is 8.11. The van der Waals surface area contributed by atoms with Crippen LogP contribution in [0.5, 0.6) is 0 Å². The van der Waals surface area contributed by atoms with E-state index < -0.39 is 29.6 Å². The average molecular weight is 645 g/mol. The lowest BCUT2D eigenvalue weighted by atomic mass is 9.49. The van der Waals surface area contributed by atoms with Crippen molar-refractivity contribution in [2.24, 2.45) is 17.3 Å². The Morgan fingerprint density at radius 3 is 1.69 bits per heavy atom. The molecule has 0 radical (unpaired) electrons. The molecule has 7 rings (SSSR count). The SMILES string of the molecule is Cc1cccc(-c2ccccc2)c1C1C(OC(=O)c2ccccc2)C(OC(=O)c2ccccc2)C(C)C2(C)C(c3ccccc3)=CC=CC12. The second-order valence-electron chi connectivity index (χ2n) is 13.3. The maximum absolute atomic E-state index is 14.1. The van der Waals surface area contributed by atoms with Crippen LogP contribution in [0.1, 0.15) is 57.2 Å². The maximum Gasteiger partial charge on any atom is 0.338 e. The molecule has 0 aromatic heterocycles. The van der Waals surface area contributed by atoms with Gasteiger partial charge in [-0.2, -0.15) is 0 Å². The van der Waals surface area contributed by atoms with Gasteiger partial charge in [-0.15, -0.1) is 0 Å². The summed E-state index contributed by atoms with van der Waals surface area (Å²) in [6.45, 7) is 6.55. The van der Waals surface area contributed by atoms with Gasteiger partial charge in [-0.1, -0.05) is 147 Å². The largest absolute Gasteiger partial charge is 0.454 e. The first-order valence-electron chi connectivity index (χ1n) is 17.0. The van der Waals surface area contributed by atoms with Gasteiger partial charge in [-0.25, -0.2) is 9.59 Å². The number of rotatable bonds is 7. The summed E-state index contributed by atoms with van der Waals surface area (Å²) in [5, 5.41) is 0. The first kappa shape index (κ1) is 32.1. The third kappa shape index (κ3) is 5.93. The van der Waals surface area contributed by atoms with Gasteiger partial charge in [0.1, 0.15) is 12.2 Å². The molecular formula is C45H40O4. The zero-order valence-electron chi connectivity index (χ0n) is 28.0. The standard InChI is InChI=1S/C45H40O4/c1-30-18-16-27-36(32-19-8-4-9-20-32)39(30)40-38-29-17-28-37(33-21-10-5-11-22-33)45(38,3)31(2)41(48-43(46)34-23-12-6-13-24-34)42(40)49-44(47)35-25-14-7-15-26-35/h4-29,31,38,40-42H,1-3H3. The number of carbonyl (C=O) groups excluding carboxylic acids is 2. The fraction of sp³-hybridized carbons (Fsp3) is 0.200. The second kappa shape index (κ2) is 13.6. The monoisotopic (exact) mass is 644 g/mol. The van der Waals surface area contributed by atoms with Crippen molar-refractivity contribution in [2.75, 3.05) is 0 Å². The molecule has 5 aromatic rings. The van der Waals surface area contributed by atoms with Gasteiger partial charge >= 0.3 is 11.9 Å². The van der Waals surface area contributed by atoms with Gasteiger partial charge in [-0.3, -0.25) is 0 Å². The zero-order chi connectivity index (χ0) is 34.0. The van der Waals surface area contributed by atoms with E-state index in [1.807, 2.05) is 60.7 Å². The van der Waals surface area contributed by atoms with Crippen LogP contribution < -0.4 is 0 Å². The predicted molar refractivity (Wildman–Crippen MR) is 195 cm³/mol. The number of ether oxygens (including phenoxy) is 2. The summed E-state index contributed by atoms with van der Waals surface area (Å²) < 4.78 is 13.3. The number of benzene rings is 5. The van der Waals surface area contributed by atoms with E-state index >= 15 is 0 Å². The molecule has 4 nitrogen and oxygen atoms in total. The van der Waals surface area contributed by atoms with Crippen LogP contribution in [0.15, 0.2) is 158 Å². The van der Waals surface area contributed by atoms with Crippen LogP contribution >= 0.6 is 0 Å². The molecule has 244 valence electrons. The van der Waals surface area contributed by atoms with Crippen molar-refractivity contribution in [2.45, 2.75) is 38.9 Å². The van der Waals surface area contributed by atoms with Crippen molar-refractivity contribution >= 4 is 17.5 Å². The molecule has 0 spiro atoms. The molecule has 2 aliphatic rings. The summed E-state index contributed by atoms with van der Waals surface area (Å²) >= 11 is 0. The van der Waals surface area contributed by atoms with Gasteiger partial charge < -0.3 is 9.47 Å². The van der Waals surface area contributed by atoms with Gasteiger partial charge in [0.05, 0.1) is 11.1 Å². The second-order valence-corrected chi connectivity index (χ2v) is 13.3. The first-order valence-corrected chi connectivity index (χ1v) is 17.0. The van der Waals surface area contributed by atoms with Gasteiger partial charge in [0.25, 0.3) is 0 Å². The van der Waals surface area contributed by atoms with E-state index in [0.717, 1.165) is 27.8 Å². The number of aryl methyl sites for hydroxylation is 1. The van der Waals surface area contributed by atoms with Crippen molar-refractivity contribution in [3.05, 3.63) is 186 Å². The summed E-state index contributed by atoms with van der Waals surface area (Å²) in [6.07, 6.45) is 5.04. The van der Waals surface area contributed by atoms with Crippen molar-refractivity contribution in [1.29, 1.82) is 0 Å². The van der Waals surface area contributed by atoms with Crippen LogP contribution in [-0.2, 0) is 9.47 Å². The lowest BCUT2D eigenvalue weighted by Gasteiger charge is -2.57. The normalized spacial score (nSPS) is 24.3. The topological polar surface area (TPSA) is 52.6 Å². The molecule has 1 fully saturated rings. The number of hydrogen-bond donors (Lipinski definition) is 0. The number of fused-ring (bicyclic) bond motifs is 1. The molecule has 0 bridgehead atoms. The van der Waals surface area contributed by atoms with Crippen LogP contribution in [0.2, 0.25) is 0 Å². The summed E-state index contributed by atoms with van der Waals surface area (Å²) in [7, 11) is 0. The Morgan fingerprint density at radius 1 is 0.612 bits per heavy atom. The third-order valence-electron chi connectivity index (χ3n) is 10.7. The molecule has 6 atom stereocenters. The number of esters is 2. The van der Waals surface area contributed by atoms with Crippen molar-refractivity contribution in [3.8, 4) is 11.1 Å². The van der Waals surface area contributed by atoms with Gasteiger partial charge in [0.2, 0.25) is 0 Å². The molecule has 6 unspecified atom stereocenters. The molecule has 2 aliphatic carbocycles. The molecule has 0 heterocycles. The van der Waals surface area contributed by atoms with E-state index in [1.165, 1.54) is 5.57 Å². The highest BCUT2D eigenvalue weighted by Gasteiger charge is 2.60. The highest BCUT2D eigenvalue weighted by Crippen LogP contribution is 2.62. The van der Waals surface area contributed by atoms with E-state index in [1.54, 1.807) is 24.3 Å². The van der Waals surface area contributed by atoms with Gasteiger partial charge in [0.15, 0.2) is 0 Å². The Kier molecular flexibility index (Phi) is 8.88. The van der Waals surface area contributed by atoms with Crippen LogP contribution in [0.3, 0.4) is 0 Å².